The Bertz CT molecular complexity index is 261. The molecule has 0 aliphatic rings. The van der Waals surface area contributed by atoms with Gasteiger partial charge in [0.2, 0.25) is 0 Å². The van der Waals surface area contributed by atoms with Gasteiger partial charge in [0.05, 0.1) is 6.61 Å². The Kier molecular flexibility index (Phi) is 3.41. The number of ether oxygens (including phenoxy) is 1. The average Bonchev–Trinajstić information content (AvgIpc) is 2.09. The first kappa shape index (κ1) is 9.39. The van der Waals surface area contributed by atoms with Crippen LogP contribution in [0.2, 0.25) is 0 Å². The maximum absolute atomic E-state index is 9.32. The Morgan fingerprint density at radius 3 is 2.83 bits per heavy atom. The second kappa shape index (κ2) is 4.36. The summed E-state index contributed by atoms with van der Waals surface area (Å²) in [4.78, 5) is 0. The van der Waals surface area contributed by atoms with E-state index in [9.17, 15) is 5.11 Å². The van der Waals surface area contributed by atoms with Crippen molar-refractivity contribution < 1.29 is 9.84 Å². The van der Waals surface area contributed by atoms with Gasteiger partial charge >= 0.3 is 0 Å². The molecule has 0 aromatic heterocycles. The highest BCUT2D eigenvalue weighted by molar-refractivity contribution is 9.08. The zero-order valence-electron chi connectivity index (χ0n) is 6.88. The first-order valence-electron chi connectivity index (χ1n) is 3.78. The summed E-state index contributed by atoms with van der Waals surface area (Å²) < 4.78 is 5.21. The van der Waals surface area contributed by atoms with Crippen molar-refractivity contribution in [3.05, 3.63) is 23.8 Å². The molecule has 0 fully saturated rings. The molecular weight excluding hydrogens is 220 g/mol. The maximum atomic E-state index is 9.32. The van der Waals surface area contributed by atoms with Gasteiger partial charge in [-0.25, -0.2) is 0 Å². The van der Waals surface area contributed by atoms with E-state index in [1.807, 2.05) is 19.1 Å². The summed E-state index contributed by atoms with van der Waals surface area (Å²) in [5.74, 6) is 0.746. The van der Waals surface area contributed by atoms with E-state index in [0.29, 0.717) is 12.4 Å². The Hall–Kier alpha value is -0.700. The van der Waals surface area contributed by atoms with Crippen molar-refractivity contribution in [2.75, 3.05) is 6.61 Å². The summed E-state index contributed by atoms with van der Waals surface area (Å²) >= 11 is 3.33. The highest BCUT2D eigenvalue weighted by atomic mass is 79.9. The van der Waals surface area contributed by atoms with Crippen LogP contribution < -0.4 is 4.74 Å². The van der Waals surface area contributed by atoms with Crippen LogP contribution in [0, 0.1) is 0 Å². The molecule has 0 amide bonds. The van der Waals surface area contributed by atoms with Gasteiger partial charge in [-0.1, -0.05) is 22.0 Å². The summed E-state index contributed by atoms with van der Waals surface area (Å²) in [6.45, 7) is 2.46. The Morgan fingerprint density at radius 2 is 2.25 bits per heavy atom. The van der Waals surface area contributed by atoms with Gasteiger partial charge in [-0.15, -0.1) is 0 Å². The van der Waals surface area contributed by atoms with E-state index >= 15 is 0 Å². The lowest BCUT2D eigenvalue weighted by molar-refractivity contribution is 0.318. The van der Waals surface area contributed by atoms with Crippen LogP contribution in [0.3, 0.4) is 0 Å². The molecule has 0 saturated heterocycles. The van der Waals surface area contributed by atoms with Crippen LogP contribution in [0.15, 0.2) is 18.2 Å². The molecule has 0 spiro atoms. The second-order valence-corrected chi connectivity index (χ2v) is 2.93. The van der Waals surface area contributed by atoms with Crippen LogP contribution >= 0.6 is 15.9 Å². The van der Waals surface area contributed by atoms with E-state index in [0.717, 1.165) is 10.9 Å². The zero-order chi connectivity index (χ0) is 8.97. The molecule has 0 saturated carbocycles. The van der Waals surface area contributed by atoms with Crippen LogP contribution in [0.25, 0.3) is 0 Å². The molecule has 1 N–H and O–H groups in total. The molecule has 0 radical (unpaired) electrons. The van der Waals surface area contributed by atoms with E-state index in [4.69, 9.17) is 4.74 Å². The summed E-state index contributed by atoms with van der Waals surface area (Å²) in [5, 5.41) is 10.1. The maximum Gasteiger partial charge on any atom is 0.161 e. The fourth-order valence-electron chi connectivity index (χ4n) is 0.913. The van der Waals surface area contributed by atoms with E-state index < -0.39 is 0 Å². The molecule has 1 aromatic carbocycles. The lowest BCUT2D eigenvalue weighted by Crippen LogP contribution is -1.92. The van der Waals surface area contributed by atoms with Crippen LogP contribution in [0.1, 0.15) is 12.5 Å². The minimum Gasteiger partial charge on any atom is -0.504 e. The van der Waals surface area contributed by atoms with E-state index in [1.165, 1.54) is 0 Å². The van der Waals surface area contributed by atoms with Gasteiger partial charge in [0.1, 0.15) is 0 Å². The highest BCUT2D eigenvalue weighted by Crippen LogP contribution is 2.27. The van der Waals surface area contributed by atoms with Gasteiger partial charge in [0.15, 0.2) is 11.5 Å². The quantitative estimate of drug-likeness (QED) is 0.810. The van der Waals surface area contributed by atoms with Gasteiger partial charge in [0, 0.05) is 5.33 Å². The summed E-state index contributed by atoms with van der Waals surface area (Å²) in [7, 11) is 0. The predicted molar refractivity (Wildman–Crippen MR) is 51.9 cm³/mol. The van der Waals surface area contributed by atoms with Crippen LogP contribution in [0.5, 0.6) is 11.5 Å². The van der Waals surface area contributed by atoms with Gasteiger partial charge < -0.3 is 9.84 Å². The number of alkyl halides is 1. The normalized spacial score (nSPS) is 9.83. The van der Waals surface area contributed by atoms with Crippen LogP contribution in [-0.2, 0) is 5.33 Å². The number of hydrogen-bond acceptors (Lipinski definition) is 2. The molecule has 0 heterocycles. The van der Waals surface area contributed by atoms with Crippen molar-refractivity contribution in [1.82, 2.24) is 0 Å². The summed E-state index contributed by atoms with van der Waals surface area (Å²) in [6.07, 6.45) is 0. The predicted octanol–water partition coefficient (Wildman–Crippen LogP) is 2.69. The first-order valence-corrected chi connectivity index (χ1v) is 4.90. The fourth-order valence-corrected chi connectivity index (χ4v) is 1.26. The van der Waals surface area contributed by atoms with Gasteiger partial charge in [-0.2, -0.15) is 0 Å². The van der Waals surface area contributed by atoms with Crippen LogP contribution in [-0.4, -0.2) is 11.7 Å². The molecule has 1 rings (SSSR count). The smallest absolute Gasteiger partial charge is 0.161 e. The third kappa shape index (κ3) is 2.14. The SMILES string of the molecule is CCOc1cc(CBr)ccc1O. The van der Waals surface area contributed by atoms with Crippen molar-refractivity contribution in [1.29, 1.82) is 0 Å². The second-order valence-electron chi connectivity index (χ2n) is 2.37. The van der Waals surface area contributed by atoms with E-state index in [-0.39, 0.29) is 5.75 Å². The number of aromatic hydroxyl groups is 1. The van der Waals surface area contributed by atoms with Crippen LogP contribution in [0.4, 0.5) is 0 Å². The minimum atomic E-state index is 0.196. The molecular formula is C9H11BrO2. The lowest BCUT2D eigenvalue weighted by Gasteiger charge is -2.06. The minimum absolute atomic E-state index is 0.196. The fraction of sp³-hybridized carbons (Fsp3) is 0.333. The number of phenols is 1. The van der Waals surface area contributed by atoms with Gasteiger partial charge in [-0.3, -0.25) is 0 Å². The summed E-state index contributed by atoms with van der Waals surface area (Å²) in [5.41, 5.74) is 1.09. The molecule has 0 aliphatic heterocycles. The number of benzene rings is 1. The van der Waals surface area contributed by atoms with E-state index in [1.54, 1.807) is 6.07 Å². The Balaban J connectivity index is 2.91. The number of hydrogen-bond donors (Lipinski definition) is 1. The molecule has 0 unspecified atom stereocenters. The van der Waals surface area contributed by atoms with Crippen molar-refractivity contribution >= 4 is 15.9 Å². The Morgan fingerprint density at radius 1 is 1.50 bits per heavy atom. The van der Waals surface area contributed by atoms with Crippen molar-refractivity contribution in [3.63, 3.8) is 0 Å². The molecule has 0 bridgehead atoms. The summed E-state index contributed by atoms with van der Waals surface area (Å²) in [6, 6.07) is 5.32. The van der Waals surface area contributed by atoms with E-state index in [2.05, 4.69) is 15.9 Å². The largest absolute Gasteiger partial charge is 0.504 e. The monoisotopic (exact) mass is 230 g/mol. The molecule has 1 aromatic rings. The van der Waals surface area contributed by atoms with Crippen molar-refractivity contribution in [2.45, 2.75) is 12.3 Å². The van der Waals surface area contributed by atoms with Gasteiger partial charge in [0.25, 0.3) is 0 Å². The molecule has 12 heavy (non-hydrogen) atoms. The molecule has 0 aliphatic carbocycles. The van der Waals surface area contributed by atoms with Crippen molar-refractivity contribution in [2.24, 2.45) is 0 Å². The standard InChI is InChI=1S/C9H11BrO2/c1-2-12-9-5-7(6-10)3-4-8(9)11/h3-5,11H,2,6H2,1H3. The first-order chi connectivity index (χ1) is 5.77. The average molecular weight is 231 g/mol. The Labute approximate surface area is 80.3 Å². The number of rotatable bonds is 3. The highest BCUT2D eigenvalue weighted by Gasteiger charge is 2.01. The third-order valence-corrected chi connectivity index (χ3v) is 2.13. The van der Waals surface area contributed by atoms with Crippen molar-refractivity contribution in [3.8, 4) is 11.5 Å². The topological polar surface area (TPSA) is 29.5 Å². The number of halogens is 1. The molecule has 0 atom stereocenters. The lowest BCUT2D eigenvalue weighted by atomic mass is 10.2. The third-order valence-electron chi connectivity index (χ3n) is 1.48. The molecule has 66 valence electrons. The molecule has 2 nitrogen and oxygen atoms in total. The zero-order valence-corrected chi connectivity index (χ0v) is 8.47. The van der Waals surface area contributed by atoms with Gasteiger partial charge in [-0.05, 0) is 24.6 Å². The molecule has 3 heteroatoms. The number of phenolic OH excluding ortho intramolecular Hbond substituents is 1.